The first kappa shape index (κ1) is 21.6. The Morgan fingerprint density at radius 2 is 2.03 bits per heavy atom. The molecule has 1 aromatic carbocycles. The van der Waals surface area contributed by atoms with Crippen molar-refractivity contribution in [3.63, 3.8) is 0 Å². The molecule has 2 aromatic rings. The molecule has 1 aromatic heterocycles. The van der Waals surface area contributed by atoms with Crippen LogP contribution in [0.25, 0.3) is 11.4 Å². The van der Waals surface area contributed by atoms with Crippen LogP contribution in [0.5, 0.6) is 5.75 Å². The highest BCUT2D eigenvalue weighted by Gasteiger charge is 2.22. The first-order valence-electron chi connectivity index (χ1n) is 10.3. The molecule has 0 aliphatic carbocycles. The number of hydrogen-bond acceptors (Lipinski definition) is 6. The molecule has 3 rings (SSSR count). The number of para-hydroxylation sites is 1. The van der Waals surface area contributed by atoms with E-state index in [9.17, 15) is 8.78 Å². The molecule has 8 heteroatoms. The fourth-order valence-corrected chi connectivity index (χ4v) is 3.76. The Morgan fingerprint density at radius 1 is 1.28 bits per heavy atom. The highest BCUT2D eigenvalue weighted by molar-refractivity contribution is 5.63. The van der Waals surface area contributed by atoms with Crippen LogP contribution >= 0.6 is 0 Å². The normalized spacial score (nSPS) is 16.1. The number of rotatable bonds is 10. The summed E-state index contributed by atoms with van der Waals surface area (Å²) in [7, 11) is 2.21. The van der Waals surface area contributed by atoms with Gasteiger partial charge in [0.25, 0.3) is 0 Å². The fraction of sp³-hybridized carbons (Fsp3) is 0.619. The van der Waals surface area contributed by atoms with Crippen molar-refractivity contribution >= 4 is 0 Å². The van der Waals surface area contributed by atoms with Crippen LogP contribution in [0.2, 0.25) is 0 Å². The van der Waals surface area contributed by atoms with Crippen LogP contribution in [0, 0.1) is 5.92 Å². The van der Waals surface area contributed by atoms with Crippen molar-refractivity contribution in [2.24, 2.45) is 5.92 Å². The number of piperidine rings is 1. The average Bonchev–Trinajstić information content (AvgIpc) is 3.16. The second-order valence-corrected chi connectivity index (χ2v) is 7.72. The van der Waals surface area contributed by atoms with E-state index in [4.69, 9.17) is 4.52 Å². The van der Waals surface area contributed by atoms with Crippen molar-refractivity contribution < 1.29 is 18.0 Å². The number of halogens is 2. The number of aromatic nitrogens is 2. The lowest BCUT2D eigenvalue weighted by molar-refractivity contribution is -0.0494. The predicted molar refractivity (Wildman–Crippen MR) is 107 cm³/mol. The third kappa shape index (κ3) is 6.47. The summed E-state index contributed by atoms with van der Waals surface area (Å²) in [4.78, 5) is 9.14. The zero-order chi connectivity index (χ0) is 20.6. The summed E-state index contributed by atoms with van der Waals surface area (Å²) in [6.45, 7) is 4.20. The minimum atomic E-state index is -2.90. The summed E-state index contributed by atoms with van der Waals surface area (Å²) in [5, 5.41) is 3.96. The van der Waals surface area contributed by atoms with Gasteiger partial charge in [-0.2, -0.15) is 13.8 Å². The van der Waals surface area contributed by atoms with E-state index < -0.39 is 6.61 Å². The molecular formula is C21H30F2N4O2. The zero-order valence-corrected chi connectivity index (χ0v) is 17.2. The summed E-state index contributed by atoms with van der Waals surface area (Å²) < 4.78 is 35.1. The Bertz CT molecular complexity index is 748. The third-order valence-electron chi connectivity index (χ3n) is 5.34. The maximum atomic E-state index is 12.6. The molecule has 2 heterocycles. The molecule has 0 amide bonds. The largest absolute Gasteiger partial charge is 0.434 e. The van der Waals surface area contributed by atoms with Crippen LogP contribution in [-0.4, -0.2) is 59.8 Å². The lowest BCUT2D eigenvalue weighted by Crippen LogP contribution is -2.37. The molecule has 1 fully saturated rings. The number of ether oxygens (including phenoxy) is 1. The van der Waals surface area contributed by atoms with Crippen molar-refractivity contribution in [3.05, 3.63) is 30.2 Å². The Morgan fingerprint density at radius 3 is 2.76 bits per heavy atom. The van der Waals surface area contributed by atoms with Gasteiger partial charge in [-0.1, -0.05) is 30.6 Å². The smallest absolute Gasteiger partial charge is 0.387 e. The second kappa shape index (κ2) is 10.6. The highest BCUT2D eigenvalue weighted by atomic mass is 19.3. The molecule has 0 atom stereocenters. The van der Waals surface area contributed by atoms with Gasteiger partial charge in [0.1, 0.15) is 5.75 Å². The van der Waals surface area contributed by atoms with Crippen LogP contribution in [0.1, 0.15) is 38.5 Å². The average molecular weight is 408 g/mol. The van der Waals surface area contributed by atoms with Gasteiger partial charge in [0.2, 0.25) is 11.7 Å². The van der Waals surface area contributed by atoms with Gasteiger partial charge < -0.3 is 14.2 Å². The standard InChI is InChI=1S/C21H30F2N4O2/c1-3-4-11-26(2)14-16-9-12-27(13-10-16)15-19-24-20(25-29-19)17-7-5-6-8-18(17)28-21(22)23/h5-8,16,21H,3-4,9-15H2,1-2H3. The van der Waals surface area contributed by atoms with Gasteiger partial charge in [-0.15, -0.1) is 0 Å². The molecule has 160 valence electrons. The SMILES string of the molecule is CCCCN(C)CC1CCN(Cc2nc(-c3ccccc3OC(F)F)no2)CC1. The van der Waals surface area contributed by atoms with E-state index in [-0.39, 0.29) is 11.6 Å². The molecule has 1 aliphatic rings. The predicted octanol–water partition coefficient (Wildman–Crippen LogP) is 4.28. The van der Waals surface area contributed by atoms with Crippen LogP contribution in [0.15, 0.2) is 28.8 Å². The minimum Gasteiger partial charge on any atom is -0.434 e. The van der Waals surface area contributed by atoms with E-state index in [0.29, 0.717) is 18.0 Å². The summed E-state index contributed by atoms with van der Waals surface area (Å²) in [6.07, 6.45) is 4.79. The minimum absolute atomic E-state index is 0.0443. The van der Waals surface area contributed by atoms with Crippen molar-refractivity contribution in [3.8, 4) is 17.1 Å². The van der Waals surface area contributed by atoms with Crippen molar-refractivity contribution in [2.75, 3.05) is 33.2 Å². The quantitative estimate of drug-likeness (QED) is 0.585. The van der Waals surface area contributed by atoms with E-state index in [1.54, 1.807) is 18.2 Å². The van der Waals surface area contributed by atoms with Gasteiger partial charge in [-0.3, -0.25) is 4.90 Å². The molecule has 0 saturated carbocycles. The van der Waals surface area contributed by atoms with Crippen molar-refractivity contribution in [1.29, 1.82) is 0 Å². The van der Waals surface area contributed by atoms with E-state index in [2.05, 4.69) is 38.6 Å². The van der Waals surface area contributed by atoms with Crippen LogP contribution in [-0.2, 0) is 6.54 Å². The number of likely N-dealkylation sites (tertiary alicyclic amines) is 1. The van der Waals surface area contributed by atoms with Crippen molar-refractivity contribution in [1.82, 2.24) is 19.9 Å². The van der Waals surface area contributed by atoms with Gasteiger partial charge in [0.15, 0.2) is 0 Å². The van der Waals surface area contributed by atoms with E-state index >= 15 is 0 Å². The lowest BCUT2D eigenvalue weighted by atomic mass is 9.96. The van der Waals surface area contributed by atoms with Gasteiger partial charge in [-0.25, -0.2) is 0 Å². The summed E-state index contributed by atoms with van der Waals surface area (Å²) >= 11 is 0. The summed E-state index contributed by atoms with van der Waals surface area (Å²) in [6, 6.07) is 6.48. The molecule has 1 aliphatic heterocycles. The Hall–Kier alpha value is -2.06. The highest BCUT2D eigenvalue weighted by Crippen LogP contribution is 2.29. The number of benzene rings is 1. The van der Waals surface area contributed by atoms with Crippen LogP contribution < -0.4 is 4.74 Å². The topological polar surface area (TPSA) is 54.6 Å². The van der Waals surface area contributed by atoms with Crippen LogP contribution in [0.4, 0.5) is 8.78 Å². The number of nitrogens with zero attached hydrogens (tertiary/aromatic N) is 4. The molecule has 0 bridgehead atoms. The maximum Gasteiger partial charge on any atom is 0.387 e. The lowest BCUT2D eigenvalue weighted by Gasteiger charge is -2.33. The molecule has 0 unspecified atom stereocenters. The molecular weight excluding hydrogens is 378 g/mol. The van der Waals surface area contributed by atoms with Gasteiger partial charge in [0.05, 0.1) is 12.1 Å². The van der Waals surface area contributed by atoms with E-state index in [0.717, 1.165) is 44.9 Å². The Kier molecular flexibility index (Phi) is 7.94. The summed E-state index contributed by atoms with van der Waals surface area (Å²) in [5.74, 6) is 1.53. The number of hydrogen-bond donors (Lipinski definition) is 0. The Labute approximate surface area is 170 Å². The van der Waals surface area contributed by atoms with Gasteiger partial charge in [0, 0.05) is 6.54 Å². The van der Waals surface area contributed by atoms with Gasteiger partial charge in [-0.05, 0) is 64.0 Å². The maximum absolute atomic E-state index is 12.6. The Balaban J connectivity index is 1.52. The second-order valence-electron chi connectivity index (χ2n) is 7.72. The van der Waals surface area contributed by atoms with E-state index in [1.807, 2.05) is 0 Å². The third-order valence-corrected chi connectivity index (χ3v) is 5.34. The van der Waals surface area contributed by atoms with Crippen molar-refractivity contribution in [2.45, 2.75) is 45.8 Å². The number of unbranched alkanes of at least 4 members (excludes halogenated alkanes) is 1. The van der Waals surface area contributed by atoms with E-state index in [1.165, 1.54) is 18.9 Å². The first-order valence-corrected chi connectivity index (χ1v) is 10.3. The zero-order valence-electron chi connectivity index (χ0n) is 17.2. The molecule has 1 saturated heterocycles. The monoisotopic (exact) mass is 408 g/mol. The molecule has 0 radical (unpaired) electrons. The molecule has 0 N–H and O–H groups in total. The molecule has 6 nitrogen and oxygen atoms in total. The van der Waals surface area contributed by atoms with Gasteiger partial charge >= 0.3 is 6.61 Å². The number of alkyl halides is 2. The molecule has 0 spiro atoms. The molecule has 29 heavy (non-hydrogen) atoms. The fourth-order valence-electron chi connectivity index (χ4n) is 3.76. The van der Waals surface area contributed by atoms with Crippen LogP contribution in [0.3, 0.4) is 0 Å². The first-order chi connectivity index (χ1) is 14.0. The summed E-state index contributed by atoms with van der Waals surface area (Å²) in [5.41, 5.74) is 0.400.